The molecule has 0 aromatic heterocycles. The Hall–Kier alpha value is -0.120. The van der Waals surface area contributed by atoms with Crippen molar-refractivity contribution in [1.29, 1.82) is 0 Å². The molecule has 0 aliphatic rings. The number of hydrogen-bond donors (Lipinski definition) is 1. The number of ether oxygens (including phenoxy) is 2. The van der Waals surface area contributed by atoms with Crippen molar-refractivity contribution in [2.24, 2.45) is 0 Å². The van der Waals surface area contributed by atoms with E-state index in [9.17, 15) is 0 Å². The van der Waals surface area contributed by atoms with Crippen LogP contribution < -0.4 is 0 Å². The van der Waals surface area contributed by atoms with Gasteiger partial charge in [-0.3, -0.25) is 0 Å². The van der Waals surface area contributed by atoms with Gasteiger partial charge in [0.15, 0.2) is 6.29 Å². The van der Waals surface area contributed by atoms with Crippen LogP contribution in [0.4, 0.5) is 0 Å². The van der Waals surface area contributed by atoms with Crippen molar-refractivity contribution < 1.29 is 14.6 Å². The molecule has 1 N–H and O–H groups in total. The molecule has 3 heteroatoms. The van der Waals surface area contributed by atoms with Gasteiger partial charge in [0.1, 0.15) is 0 Å². The first kappa shape index (κ1) is 12.9. The maximum atomic E-state index is 9.05. The molecule has 0 aromatic rings. The van der Waals surface area contributed by atoms with E-state index >= 15 is 0 Å². The molecule has 0 spiro atoms. The van der Waals surface area contributed by atoms with Gasteiger partial charge in [-0.15, -0.1) is 0 Å². The van der Waals surface area contributed by atoms with Crippen molar-refractivity contribution in [2.75, 3.05) is 13.2 Å². The summed E-state index contributed by atoms with van der Waals surface area (Å²) in [6, 6.07) is 0. The molecule has 0 heterocycles. The second kappa shape index (κ2) is 6.35. The van der Waals surface area contributed by atoms with E-state index in [2.05, 4.69) is 0 Å². The van der Waals surface area contributed by atoms with Gasteiger partial charge in [-0.2, -0.15) is 0 Å². The van der Waals surface area contributed by atoms with Crippen molar-refractivity contribution >= 4 is 0 Å². The van der Waals surface area contributed by atoms with Crippen LogP contribution in [0.5, 0.6) is 0 Å². The molecule has 0 fully saturated rings. The molecule has 80 valence electrons. The van der Waals surface area contributed by atoms with E-state index < -0.39 is 6.29 Å². The molecular weight excluding hydrogens is 168 g/mol. The molecule has 0 bridgehead atoms. The highest BCUT2D eigenvalue weighted by atomic mass is 16.6. The highest BCUT2D eigenvalue weighted by Crippen LogP contribution is 2.06. The zero-order valence-electron chi connectivity index (χ0n) is 9.17. The van der Waals surface area contributed by atoms with E-state index in [1.54, 1.807) is 0 Å². The summed E-state index contributed by atoms with van der Waals surface area (Å²) in [7, 11) is 0. The SMILES string of the molecule is CCC(O)OCCCOC(C)(C)C. The van der Waals surface area contributed by atoms with E-state index in [0.29, 0.717) is 19.6 Å². The third kappa shape index (κ3) is 9.80. The number of aliphatic hydroxyl groups is 1. The van der Waals surface area contributed by atoms with Crippen LogP contribution in [-0.4, -0.2) is 30.2 Å². The molecule has 0 amide bonds. The van der Waals surface area contributed by atoms with Gasteiger partial charge >= 0.3 is 0 Å². The Morgan fingerprint density at radius 2 is 1.85 bits per heavy atom. The zero-order valence-corrected chi connectivity index (χ0v) is 9.17. The van der Waals surface area contributed by atoms with Crippen LogP contribution in [0.25, 0.3) is 0 Å². The van der Waals surface area contributed by atoms with E-state index in [1.807, 2.05) is 27.7 Å². The predicted octanol–water partition coefficient (Wildman–Crippen LogP) is 1.94. The third-order valence-corrected chi connectivity index (χ3v) is 1.48. The van der Waals surface area contributed by atoms with Gasteiger partial charge in [-0.05, 0) is 33.6 Å². The average molecular weight is 190 g/mol. The minimum absolute atomic E-state index is 0.0800. The smallest absolute Gasteiger partial charge is 0.154 e. The fourth-order valence-electron chi connectivity index (χ4n) is 0.775. The molecule has 0 aromatic carbocycles. The second-order valence-electron chi connectivity index (χ2n) is 4.05. The van der Waals surface area contributed by atoms with Gasteiger partial charge in [0, 0.05) is 6.61 Å². The van der Waals surface area contributed by atoms with E-state index in [1.165, 1.54) is 0 Å². The van der Waals surface area contributed by atoms with Crippen LogP contribution in [-0.2, 0) is 9.47 Å². The van der Waals surface area contributed by atoms with E-state index in [-0.39, 0.29) is 5.60 Å². The number of rotatable bonds is 6. The Morgan fingerprint density at radius 3 is 2.31 bits per heavy atom. The molecule has 3 nitrogen and oxygen atoms in total. The summed E-state index contributed by atoms with van der Waals surface area (Å²) >= 11 is 0. The third-order valence-electron chi connectivity index (χ3n) is 1.48. The normalized spacial score (nSPS) is 14.5. The van der Waals surface area contributed by atoms with Crippen molar-refractivity contribution in [2.45, 2.75) is 52.4 Å². The summed E-state index contributed by atoms with van der Waals surface area (Å²) in [6.07, 6.45) is 0.851. The van der Waals surface area contributed by atoms with Crippen LogP contribution in [0, 0.1) is 0 Å². The van der Waals surface area contributed by atoms with Gasteiger partial charge in [-0.1, -0.05) is 6.92 Å². The van der Waals surface area contributed by atoms with Crippen molar-refractivity contribution in [3.8, 4) is 0 Å². The Balaban J connectivity index is 3.18. The maximum Gasteiger partial charge on any atom is 0.154 e. The molecule has 1 unspecified atom stereocenters. The molecule has 1 atom stereocenters. The summed E-state index contributed by atoms with van der Waals surface area (Å²) in [4.78, 5) is 0. The van der Waals surface area contributed by atoms with Crippen molar-refractivity contribution in [3.63, 3.8) is 0 Å². The molecule has 0 saturated heterocycles. The first-order chi connectivity index (χ1) is 5.95. The van der Waals surface area contributed by atoms with Crippen LogP contribution >= 0.6 is 0 Å². The lowest BCUT2D eigenvalue weighted by molar-refractivity contribution is -0.107. The summed E-state index contributed by atoms with van der Waals surface area (Å²) < 4.78 is 10.6. The second-order valence-corrected chi connectivity index (χ2v) is 4.05. The first-order valence-corrected chi connectivity index (χ1v) is 4.89. The van der Waals surface area contributed by atoms with Gasteiger partial charge in [-0.25, -0.2) is 0 Å². The van der Waals surface area contributed by atoms with Crippen LogP contribution in [0.15, 0.2) is 0 Å². The largest absolute Gasteiger partial charge is 0.376 e. The van der Waals surface area contributed by atoms with Gasteiger partial charge in [0.25, 0.3) is 0 Å². The fourth-order valence-corrected chi connectivity index (χ4v) is 0.775. The Kier molecular flexibility index (Phi) is 6.29. The average Bonchev–Trinajstić information content (AvgIpc) is 2.01. The van der Waals surface area contributed by atoms with Gasteiger partial charge < -0.3 is 14.6 Å². The Labute approximate surface area is 81.0 Å². The molecule has 0 saturated carbocycles. The Bertz CT molecular complexity index is 118. The summed E-state index contributed by atoms with van der Waals surface area (Å²) in [5.41, 5.74) is -0.0800. The lowest BCUT2D eigenvalue weighted by atomic mass is 10.2. The van der Waals surface area contributed by atoms with E-state index in [4.69, 9.17) is 14.6 Å². The molecule has 13 heavy (non-hydrogen) atoms. The van der Waals surface area contributed by atoms with E-state index in [0.717, 1.165) is 6.42 Å². The van der Waals surface area contributed by atoms with Crippen LogP contribution in [0.2, 0.25) is 0 Å². The van der Waals surface area contributed by atoms with Crippen LogP contribution in [0.1, 0.15) is 40.5 Å². The fraction of sp³-hybridized carbons (Fsp3) is 1.00. The minimum atomic E-state index is -0.616. The van der Waals surface area contributed by atoms with Crippen molar-refractivity contribution in [1.82, 2.24) is 0 Å². The standard InChI is InChI=1S/C10H22O3/c1-5-9(11)12-7-6-8-13-10(2,3)4/h9,11H,5-8H2,1-4H3. The van der Waals surface area contributed by atoms with Crippen molar-refractivity contribution in [3.05, 3.63) is 0 Å². The summed E-state index contributed by atoms with van der Waals surface area (Å²) in [5.74, 6) is 0. The topological polar surface area (TPSA) is 38.7 Å². The number of hydrogen-bond acceptors (Lipinski definition) is 3. The number of aliphatic hydroxyl groups excluding tert-OH is 1. The lowest BCUT2D eigenvalue weighted by Gasteiger charge is -2.19. The molecule has 0 radical (unpaired) electrons. The molecule has 0 rings (SSSR count). The highest BCUT2D eigenvalue weighted by molar-refractivity contribution is 4.58. The summed E-state index contributed by atoms with van der Waals surface area (Å²) in [5, 5.41) is 9.05. The molecule has 0 aliphatic carbocycles. The van der Waals surface area contributed by atoms with Gasteiger partial charge in [0.2, 0.25) is 0 Å². The quantitative estimate of drug-likeness (QED) is 0.514. The minimum Gasteiger partial charge on any atom is -0.376 e. The van der Waals surface area contributed by atoms with Crippen LogP contribution in [0.3, 0.4) is 0 Å². The first-order valence-electron chi connectivity index (χ1n) is 4.89. The maximum absolute atomic E-state index is 9.05. The molecular formula is C10H22O3. The van der Waals surface area contributed by atoms with Gasteiger partial charge in [0.05, 0.1) is 12.2 Å². The molecule has 0 aliphatic heterocycles. The Morgan fingerprint density at radius 1 is 1.23 bits per heavy atom. The lowest BCUT2D eigenvalue weighted by Crippen LogP contribution is -2.21. The predicted molar refractivity (Wildman–Crippen MR) is 52.6 cm³/mol. The summed E-state index contributed by atoms with van der Waals surface area (Å²) in [6.45, 7) is 9.19. The zero-order chi connectivity index (χ0) is 10.3. The monoisotopic (exact) mass is 190 g/mol. The highest BCUT2D eigenvalue weighted by Gasteiger charge is 2.09.